The maximum absolute atomic E-state index is 12.5. The molecule has 2 aromatic heterocycles. The molecule has 0 spiro atoms. The Bertz CT molecular complexity index is 714. The molecule has 0 saturated carbocycles. The summed E-state index contributed by atoms with van der Waals surface area (Å²) in [6.45, 7) is 6.01. The second-order valence-electron chi connectivity index (χ2n) is 6.19. The number of carbonyl (C=O) groups excluding carboxylic acids is 1. The van der Waals surface area contributed by atoms with E-state index in [1.807, 2.05) is 17.9 Å². The van der Waals surface area contributed by atoms with E-state index in [2.05, 4.69) is 25.3 Å². The van der Waals surface area contributed by atoms with Crippen LogP contribution in [-0.4, -0.2) is 69.2 Å². The third-order valence-electron chi connectivity index (χ3n) is 4.63. The van der Waals surface area contributed by atoms with Gasteiger partial charge >= 0.3 is 0 Å². The van der Waals surface area contributed by atoms with Crippen molar-refractivity contribution in [2.75, 3.05) is 37.6 Å². The van der Waals surface area contributed by atoms with Gasteiger partial charge in [-0.2, -0.15) is 14.6 Å². The standard InChI is InChI=1S/C15H21N7O/c1-11-9-13(22-15(19-11)17-10-18-22)20-5-7-21(8-6-20)14(23)12-3-2-4-16-12/h9-10,12,16H,2-8H2,1H3/t12-/m0/s1. The van der Waals surface area contributed by atoms with Crippen molar-refractivity contribution in [3.05, 3.63) is 18.1 Å². The van der Waals surface area contributed by atoms with Gasteiger partial charge in [-0.1, -0.05) is 0 Å². The van der Waals surface area contributed by atoms with Crippen LogP contribution < -0.4 is 10.2 Å². The second kappa shape index (κ2) is 5.77. The Morgan fingerprint density at radius 3 is 2.87 bits per heavy atom. The number of carbonyl (C=O) groups is 1. The molecule has 0 aliphatic carbocycles. The van der Waals surface area contributed by atoms with E-state index in [-0.39, 0.29) is 11.9 Å². The van der Waals surface area contributed by atoms with Crippen LogP contribution in [0.4, 0.5) is 5.82 Å². The van der Waals surface area contributed by atoms with Gasteiger partial charge in [0.2, 0.25) is 5.91 Å². The van der Waals surface area contributed by atoms with Gasteiger partial charge in [0.1, 0.15) is 12.1 Å². The van der Waals surface area contributed by atoms with E-state index in [4.69, 9.17) is 0 Å². The summed E-state index contributed by atoms with van der Waals surface area (Å²) < 4.78 is 1.77. The van der Waals surface area contributed by atoms with Crippen LogP contribution in [0.2, 0.25) is 0 Å². The number of fused-ring (bicyclic) bond motifs is 1. The largest absolute Gasteiger partial charge is 0.353 e. The van der Waals surface area contributed by atoms with E-state index in [0.29, 0.717) is 5.78 Å². The SMILES string of the molecule is Cc1cc(N2CCN(C(=O)[C@@H]3CCCN3)CC2)n2ncnc2n1. The summed E-state index contributed by atoms with van der Waals surface area (Å²) in [7, 11) is 0. The molecular formula is C15H21N7O. The second-order valence-corrected chi connectivity index (χ2v) is 6.19. The molecule has 2 fully saturated rings. The van der Waals surface area contributed by atoms with E-state index < -0.39 is 0 Å². The third kappa shape index (κ3) is 2.63. The van der Waals surface area contributed by atoms with Gasteiger partial charge in [-0.15, -0.1) is 0 Å². The van der Waals surface area contributed by atoms with Gasteiger partial charge < -0.3 is 15.1 Å². The highest BCUT2D eigenvalue weighted by Crippen LogP contribution is 2.19. The molecule has 23 heavy (non-hydrogen) atoms. The summed E-state index contributed by atoms with van der Waals surface area (Å²) in [6.07, 6.45) is 3.58. The quantitative estimate of drug-likeness (QED) is 0.829. The van der Waals surface area contributed by atoms with Crippen molar-refractivity contribution in [2.45, 2.75) is 25.8 Å². The van der Waals surface area contributed by atoms with Crippen molar-refractivity contribution in [1.29, 1.82) is 0 Å². The topological polar surface area (TPSA) is 78.7 Å². The van der Waals surface area contributed by atoms with Crippen molar-refractivity contribution in [3.8, 4) is 0 Å². The Labute approximate surface area is 134 Å². The first kappa shape index (κ1) is 14.4. The highest BCUT2D eigenvalue weighted by molar-refractivity contribution is 5.82. The zero-order chi connectivity index (χ0) is 15.8. The first-order valence-corrected chi connectivity index (χ1v) is 8.17. The zero-order valence-corrected chi connectivity index (χ0v) is 13.3. The molecule has 8 heteroatoms. The smallest absolute Gasteiger partial charge is 0.254 e. The van der Waals surface area contributed by atoms with Crippen LogP contribution in [0.25, 0.3) is 5.78 Å². The summed E-state index contributed by atoms with van der Waals surface area (Å²) in [5.74, 6) is 1.86. The fraction of sp³-hybridized carbons (Fsp3) is 0.600. The van der Waals surface area contributed by atoms with E-state index in [9.17, 15) is 4.79 Å². The maximum Gasteiger partial charge on any atom is 0.254 e. The lowest BCUT2D eigenvalue weighted by molar-refractivity contribution is -0.133. The molecule has 122 valence electrons. The first-order chi connectivity index (χ1) is 11.2. The molecule has 4 rings (SSSR count). The Balaban J connectivity index is 1.48. The molecule has 4 heterocycles. The van der Waals surface area contributed by atoms with Crippen LogP contribution >= 0.6 is 0 Å². The van der Waals surface area contributed by atoms with Gasteiger partial charge in [-0.3, -0.25) is 4.79 Å². The number of nitrogens with one attached hydrogen (secondary N) is 1. The van der Waals surface area contributed by atoms with Crippen molar-refractivity contribution in [3.63, 3.8) is 0 Å². The number of aryl methyl sites for hydroxylation is 1. The fourth-order valence-electron chi connectivity index (χ4n) is 3.41. The van der Waals surface area contributed by atoms with Gasteiger partial charge in [0.15, 0.2) is 0 Å². The van der Waals surface area contributed by atoms with Gasteiger partial charge in [-0.25, -0.2) is 4.98 Å². The molecule has 8 nitrogen and oxygen atoms in total. The van der Waals surface area contributed by atoms with Crippen LogP contribution in [0.5, 0.6) is 0 Å². The van der Waals surface area contributed by atoms with Crippen LogP contribution in [0, 0.1) is 6.92 Å². The number of hydrogen-bond acceptors (Lipinski definition) is 6. The van der Waals surface area contributed by atoms with E-state index >= 15 is 0 Å². The monoisotopic (exact) mass is 315 g/mol. The average Bonchev–Trinajstić information content (AvgIpc) is 3.25. The fourth-order valence-corrected chi connectivity index (χ4v) is 3.41. The molecule has 1 atom stereocenters. The highest BCUT2D eigenvalue weighted by Gasteiger charge is 2.29. The van der Waals surface area contributed by atoms with Crippen molar-refractivity contribution in [2.24, 2.45) is 0 Å². The minimum atomic E-state index is 0.0201. The summed E-state index contributed by atoms with van der Waals surface area (Å²) in [5, 5.41) is 7.55. The minimum Gasteiger partial charge on any atom is -0.353 e. The summed E-state index contributed by atoms with van der Waals surface area (Å²) in [4.78, 5) is 25.3. The molecule has 2 aromatic rings. The highest BCUT2D eigenvalue weighted by atomic mass is 16.2. The molecule has 1 N–H and O–H groups in total. The van der Waals surface area contributed by atoms with Gasteiger partial charge in [0.05, 0.1) is 6.04 Å². The average molecular weight is 315 g/mol. The van der Waals surface area contributed by atoms with Crippen LogP contribution in [0.3, 0.4) is 0 Å². The lowest BCUT2D eigenvalue weighted by Crippen LogP contribution is -2.53. The summed E-state index contributed by atoms with van der Waals surface area (Å²) in [5.41, 5.74) is 0.925. The van der Waals surface area contributed by atoms with Crippen molar-refractivity contribution < 1.29 is 4.79 Å². The number of amides is 1. The number of piperazine rings is 1. The predicted molar refractivity (Wildman–Crippen MR) is 85.3 cm³/mol. The molecule has 2 saturated heterocycles. The van der Waals surface area contributed by atoms with Crippen LogP contribution in [0.1, 0.15) is 18.5 Å². The van der Waals surface area contributed by atoms with Gasteiger partial charge in [-0.05, 0) is 26.3 Å². The molecular weight excluding hydrogens is 294 g/mol. The molecule has 2 aliphatic rings. The van der Waals surface area contributed by atoms with Crippen molar-refractivity contribution >= 4 is 17.5 Å². The van der Waals surface area contributed by atoms with E-state index in [0.717, 1.165) is 57.1 Å². The number of hydrogen-bond donors (Lipinski definition) is 1. The normalized spacial score (nSPS) is 22.0. The molecule has 0 unspecified atom stereocenters. The molecule has 1 amide bonds. The number of aromatic nitrogens is 4. The third-order valence-corrected chi connectivity index (χ3v) is 4.63. The Morgan fingerprint density at radius 1 is 1.30 bits per heavy atom. The summed E-state index contributed by atoms with van der Waals surface area (Å²) >= 11 is 0. The first-order valence-electron chi connectivity index (χ1n) is 8.17. The maximum atomic E-state index is 12.5. The van der Waals surface area contributed by atoms with E-state index in [1.54, 1.807) is 4.52 Å². The number of anilines is 1. The van der Waals surface area contributed by atoms with E-state index in [1.165, 1.54) is 6.33 Å². The molecule has 0 radical (unpaired) electrons. The van der Waals surface area contributed by atoms with Gasteiger partial charge in [0, 0.05) is 37.9 Å². The predicted octanol–water partition coefficient (Wildman–Crippen LogP) is -0.167. The van der Waals surface area contributed by atoms with Gasteiger partial charge in [0.25, 0.3) is 5.78 Å². The van der Waals surface area contributed by atoms with Crippen molar-refractivity contribution in [1.82, 2.24) is 29.8 Å². The number of rotatable bonds is 2. The zero-order valence-electron chi connectivity index (χ0n) is 13.3. The molecule has 0 aromatic carbocycles. The molecule has 0 bridgehead atoms. The minimum absolute atomic E-state index is 0.0201. The van der Waals surface area contributed by atoms with Crippen LogP contribution in [-0.2, 0) is 4.79 Å². The Hall–Kier alpha value is -2.22. The lowest BCUT2D eigenvalue weighted by atomic mass is 10.2. The molecule has 2 aliphatic heterocycles. The number of nitrogens with zero attached hydrogens (tertiary/aromatic N) is 6. The van der Waals surface area contributed by atoms with Crippen LogP contribution in [0.15, 0.2) is 12.4 Å². The Kier molecular flexibility index (Phi) is 3.60. The lowest BCUT2D eigenvalue weighted by Gasteiger charge is -2.37. The summed E-state index contributed by atoms with van der Waals surface area (Å²) in [6, 6.07) is 2.05. The Morgan fingerprint density at radius 2 is 2.13 bits per heavy atom.